The Hall–Kier alpha value is -0.370. The zero-order valence-electron chi connectivity index (χ0n) is 6.64. The molecule has 2 heteroatoms. The molecule has 0 atom stereocenters. The van der Waals surface area contributed by atoms with Gasteiger partial charge in [0.05, 0.1) is 0 Å². The van der Waals surface area contributed by atoms with Crippen LogP contribution in [-0.2, 0) is 9.53 Å². The number of carbonyl (C=O) groups is 1. The molecule has 0 N–H and O–H groups in total. The van der Waals surface area contributed by atoms with Gasteiger partial charge in [0.2, 0.25) is 0 Å². The lowest BCUT2D eigenvalue weighted by atomic mass is 10.2. The molecule has 0 bridgehead atoms. The minimum Gasteiger partial charge on any atom is -0.385 e. The summed E-state index contributed by atoms with van der Waals surface area (Å²) >= 11 is 0. The van der Waals surface area contributed by atoms with Gasteiger partial charge in [-0.1, -0.05) is 12.8 Å². The van der Waals surface area contributed by atoms with Gasteiger partial charge in [-0.25, -0.2) is 0 Å². The topological polar surface area (TPSA) is 26.3 Å². The summed E-state index contributed by atoms with van der Waals surface area (Å²) in [5, 5.41) is 0. The van der Waals surface area contributed by atoms with Crippen LogP contribution in [0.2, 0.25) is 0 Å². The first-order chi connectivity index (χ1) is 4.91. The van der Waals surface area contributed by atoms with Crippen LogP contribution < -0.4 is 0 Å². The highest BCUT2D eigenvalue weighted by molar-refractivity contribution is 5.48. The van der Waals surface area contributed by atoms with E-state index in [1.165, 1.54) is 6.42 Å². The zero-order chi connectivity index (χ0) is 7.66. The molecule has 10 heavy (non-hydrogen) atoms. The molecule has 0 unspecified atom stereocenters. The molecule has 0 aromatic rings. The summed E-state index contributed by atoms with van der Waals surface area (Å²) < 4.78 is 4.88. The van der Waals surface area contributed by atoms with E-state index in [0.29, 0.717) is 6.42 Å². The third kappa shape index (κ3) is 7.63. The molecule has 0 aliphatic rings. The lowest BCUT2D eigenvalue weighted by molar-refractivity contribution is -0.107. The molecule has 2 nitrogen and oxygen atoms in total. The summed E-state index contributed by atoms with van der Waals surface area (Å²) in [5.41, 5.74) is 0. The molecule has 0 aliphatic heterocycles. The number of carbonyl (C=O) groups excluding carboxylic acids is 1. The maximum absolute atomic E-state index is 9.87. The molecule has 0 spiro atoms. The Kier molecular flexibility index (Phi) is 8.31. The Morgan fingerprint density at radius 3 is 2.50 bits per heavy atom. The van der Waals surface area contributed by atoms with Crippen molar-refractivity contribution in [2.75, 3.05) is 13.7 Å². The van der Waals surface area contributed by atoms with Crippen LogP contribution >= 0.6 is 0 Å². The molecule has 0 saturated carbocycles. The molecule has 0 fully saturated rings. The summed E-state index contributed by atoms with van der Waals surface area (Å²) in [6, 6.07) is 0. The summed E-state index contributed by atoms with van der Waals surface area (Å²) in [4.78, 5) is 9.87. The van der Waals surface area contributed by atoms with Gasteiger partial charge < -0.3 is 9.53 Å². The second kappa shape index (κ2) is 8.63. The summed E-state index contributed by atoms with van der Waals surface area (Å²) in [7, 11) is 1.71. The Morgan fingerprint density at radius 1 is 1.20 bits per heavy atom. The molecule has 0 aliphatic carbocycles. The van der Waals surface area contributed by atoms with Gasteiger partial charge in [0, 0.05) is 20.1 Å². The van der Waals surface area contributed by atoms with Crippen molar-refractivity contribution in [3.05, 3.63) is 0 Å². The van der Waals surface area contributed by atoms with Crippen molar-refractivity contribution >= 4 is 6.29 Å². The summed E-state index contributed by atoms with van der Waals surface area (Å²) in [6.07, 6.45) is 6.19. The second-order valence-electron chi connectivity index (χ2n) is 2.36. The monoisotopic (exact) mass is 144 g/mol. The maximum atomic E-state index is 9.87. The lowest BCUT2D eigenvalue weighted by Gasteiger charge is -1.96. The molecular weight excluding hydrogens is 128 g/mol. The van der Waals surface area contributed by atoms with Crippen LogP contribution in [0.4, 0.5) is 0 Å². The fourth-order valence-electron chi connectivity index (χ4n) is 0.828. The number of methoxy groups -OCH3 is 1. The van der Waals surface area contributed by atoms with E-state index in [1.54, 1.807) is 7.11 Å². The van der Waals surface area contributed by atoms with Crippen molar-refractivity contribution in [3.63, 3.8) is 0 Å². The number of hydrogen-bond acceptors (Lipinski definition) is 2. The van der Waals surface area contributed by atoms with E-state index in [9.17, 15) is 4.79 Å². The molecule has 0 radical (unpaired) electrons. The molecule has 0 aromatic carbocycles. The van der Waals surface area contributed by atoms with Crippen molar-refractivity contribution in [3.8, 4) is 0 Å². The van der Waals surface area contributed by atoms with Crippen LogP contribution in [0.5, 0.6) is 0 Å². The van der Waals surface area contributed by atoms with Crippen molar-refractivity contribution in [1.29, 1.82) is 0 Å². The first-order valence-corrected chi connectivity index (χ1v) is 3.84. The molecule has 0 heterocycles. The van der Waals surface area contributed by atoms with Gasteiger partial charge in [-0.05, 0) is 12.8 Å². The minimum atomic E-state index is 0.715. The number of hydrogen-bond donors (Lipinski definition) is 0. The van der Waals surface area contributed by atoms with Crippen LogP contribution in [0.25, 0.3) is 0 Å². The van der Waals surface area contributed by atoms with Gasteiger partial charge in [-0.15, -0.1) is 0 Å². The smallest absolute Gasteiger partial charge is 0.119 e. The molecule has 0 saturated heterocycles. The fraction of sp³-hybridized carbons (Fsp3) is 0.875. The van der Waals surface area contributed by atoms with E-state index in [0.717, 1.165) is 32.2 Å². The predicted octanol–water partition coefficient (Wildman–Crippen LogP) is 1.78. The van der Waals surface area contributed by atoms with Crippen LogP contribution in [-0.4, -0.2) is 20.0 Å². The van der Waals surface area contributed by atoms with Crippen molar-refractivity contribution in [2.24, 2.45) is 0 Å². The van der Waals surface area contributed by atoms with Crippen LogP contribution in [0.1, 0.15) is 32.1 Å². The van der Waals surface area contributed by atoms with Crippen molar-refractivity contribution in [1.82, 2.24) is 0 Å². The van der Waals surface area contributed by atoms with Gasteiger partial charge in [0.15, 0.2) is 0 Å². The van der Waals surface area contributed by atoms with Gasteiger partial charge in [0.25, 0.3) is 0 Å². The molecule has 0 aromatic heterocycles. The highest BCUT2D eigenvalue weighted by Gasteiger charge is 1.87. The normalized spacial score (nSPS) is 9.70. The molecular formula is C8H16O2. The molecule has 0 amide bonds. The van der Waals surface area contributed by atoms with E-state index in [-0.39, 0.29) is 0 Å². The van der Waals surface area contributed by atoms with Crippen LogP contribution in [0.15, 0.2) is 0 Å². The van der Waals surface area contributed by atoms with Gasteiger partial charge >= 0.3 is 0 Å². The van der Waals surface area contributed by atoms with Gasteiger partial charge in [-0.3, -0.25) is 0 Å². The van der Waals surface area contributed by atoms with E-state index < -0.39 is 0 Å². The third-order valence-electron chi connectivity index (χ3n) is 1.42. The predicted molar refractivity (Wildman–Crippen MR) is 41.0 cm³/mol. The number of aldehydes is 1. The third-order valence-corrected chi connectivity index (χ3v) is 1.42. The van der Waals surface area contributed by atoms with E-state index in [4.69, 9.17) is 4.74 Å². The highest BCUT2D eigenvalue weighted by Crippen LogP contribution is 2.00. The summed E-state index contributed by atoms with van der Waals surface area (Å²) in [6.45, 7) is 0.848. The lowest BCUT2D eigenvalue weighted by Crippen LogP contribution is -1.88. The largest absolute Gasteiger partial charge is 0.385 e. The molecule has 60 valence electrons. The standard InChI is InChI=1S/C8H16O2/c1-10-8-6-4-2-3-5-7-9/h7H,2-6,8H2,1H3. The Bertz CT molecular complexity index is 71.7. The number of unbranched alkanes of at least 4 members (excludes halogenated alkanes) is 4. The quantitative estimate of drug-likeness (QED) is 0.402. The fourth-order valence-corrected chi connectivity index (χ4v) is 0.828. The Morgan fingerprint density at radius 2 is 1.90 bits per heavy atom. The van der Waals surface area contributed by atoms with E-state index >= 15 is 0 Å². The number of rotatable bonds is 7. The van der Waals surface area contributed by atoms with Gasteiger partial charge in [0.1, 0.15) is 6.29 Å². The highest BCUT2D eigenvalue weighted by atomic mass is 16.5. The van der Waals surface area contributed by atoms with Crippen LogP contribution in [0, 0.1) is 0 Å². The average molecular weight is 144 g/mol. The summed E-state index contributed by atoms with van der Waals surface area (Å²) in [5.74, 6) is 0. The average Bonchev–Trinajstić information content (AvgIpc) is 1.97. The van der Waals surface area contributed by atoms with Crippen molar-refractivity contribution in [2.45, 2.75) is 32.1 Å². The molecule has 0 rings (SSSR count). The number of ether oxygens (including phenoxy) is 1. The van der Waals surface area contributed by atoms with Crippen LogP contribution in [0.3, 0.4) is 0 Å². The Balaban J connectivity index is 2.70. The first kappa shape index (κ1) is 9.63. The SMILES string of the molecule is COCCCCCCC=O. The minimum absolute atomic E-state index is 0.715. The second-order valence-corrected chi connectivity index (χ2v) is 2.36. The van der Waals surface area contributed by atoms with Gasteiger partial charge in [-0.2, -0.15) is 0 Å². The first-order valence-electron chi connectivity index (χ1n) is 3.84. The van der Waals surface area contributed by atoms with Crippen molar-refractivity contribution < 1.29 is 9.53 Å². The van der Waals surface area contributed by atoms with E-state index in [1.807, 2.05) is 0 Å². The zero-order valence-corrected chi connectivity index (χ0v) is 6.64. The van der Waals surface area contributed by atoms with E-state index in [2.05, 4.69) is 0 Å². The Labute approximate surface area is 62.6 Å². The maximum Gasteiger partial charge on any atom is 0.119 e.